The Morgan fingerprint density at radius 2 is 1.95 bits per heavy atom. The van der Waals surface area contributed by atoms with Crippen molar-refractivity contribution in [2.45, 2.75) is 58.5 Å². The van der Waals surface area contributed by atoms with E-state index in [0.29, 0.717) is 19.4 Å². The highest BCUT2D eigenvalue weighted by Gasteiger charge is 2.36. The van der Waals surface area contributed by atoms with Crippen LogP contribution in [-0.2, 0) is 14.3 Å². The molecule has 3 unspecified atom stereocenters. The third kappa shape index (κ3) is 6.91. The van der Waals surface area contributed by atoms with Crippen LogP contribution in [0.3, 0.4) is 0 Å². The third-order valence-electron chi connectivity index (χ3n) is 3.58. The van der Waals surface area contributed by atoms with Crippen LogP contribution in [0.25, 0.3) is 0 Å². The molecule has 0 aliphatic carbocycles. The lowest BCUT2D eigenvalue weighted by Gasteiger charge is -2.32. The van der Waals surface area contributed by atoms with Crippen molar-refractivity contribution in [1.82, 2.24) is 10.6 Å². The van der Waals surface area contributed by atoms with Gasteiger partial charge in [0.1, 0.15) is 5.54 Å². The second-order valence-corrected chi connectivity index (χ2v) is 5.77. The van der Waals surface area contributed by atoms with E-state index in [1.54, 1.807) is 14.0 Å². The normalized spacial score (nSPS) is 16.8. The monoisotopic (exact) mass is 301 g/mol. The van der Waals surface area contributed by atoms with Crippen LogP contribution in [0.5, 0.6) is 0 Å². The molecule has 3 atom stereocenters. The quantitative estimate of drug-likeness (QED) is 0.491. The highest BCUT2D eigenvalue weighted by molar-refractivity contribution is 5.81. The maximum atomic E-state index is 12.2. The van der Waals surface area contributed by atoms with Crippen LogP contribution >= 0.6 is 0 Å². The SMILES string of the molecule is CCCNC(C)(CC(C)CC(NC)C(N)=O)C(=O)OCC. The molecule has 0 aromatic rings. The summed E-state index contributed by atoms with van der Waals surface area (Å²) in [5, 5.41) is 6.18. The number of hydrogen-bond donors (Lipinski definition) is 3. The van der Waals surface area contributed by atoms with Gasteiger partial charge >= 0.3 is 5.97 Å². The van der Waals surface area contributed by atoms with E-state index in [0.717, 1.165) is 13.0 Å². The van der Waals surface area contributed by atoms with E-state index in [2.05, 4.69) is 10.6 Å². The van der Waals surface area contributed by atoms with E-state index in [1.165, 1.54) is 0 Å². The van der Waals surface area contributed by atoms with E-state index in [9.17, 15) is 9.59 Å². The number of nitrogens with two attached hydrogens (primary N) is 1. The molecule has 0 aromatic carbocycles. The molecule has 1 amide bonds. The van der Waals surface area contributed by atoms with Crippen molar-refractivity contribution in [3.8, 4) is 0 Å². The molecule has 0 aromatic heterocycles. The van der Waals surface area contributed by atoms with Gasteiger partial charge in [-0.15, -0.1) is 0 Å². The van der Waals surface area contributed by atoms with Gasteiger partial charge in [0.25, 0.3) is 0 Å². The zero-order valence-corrected chi connectivity index (χ0v) is 14.0. The fourth-order valence-corrected chi connectivity index (χ4v) is 2.48. The van der Waals surface area contributed by atoms with Gasteiger partial charge in [-0.1, -0.05) is 13.8 Å². The van der Waals surface area contributed by atoms with E-state index in [-0.39, 0.29) is 23.8 Å². The number of esters is 1. The van der Waals surface area contributed by atoms with Gasteiger partial charge in [0, 0.05) is 0 Å². The zero-order chi connectivity index (χ0) is 16.5. The lowest BCUT2D eigenvalue weighted by molar-refractivity contribution is -0.151. The van der Waals surface area contributed by atoms with Crippen molar-refractivity contribution in [2.75, 3.05) is 20.2 Å². The minimum Gasteiger partial charge on any atom is -0.465 e. The topological polar surface area (TPSA) is 93.5 Å². The Morgan fingerprint density at radius 3 is 2.38 bits per heavy atom. The van der Waals surface area contributed by atoms with Crippen molar-refractivity contribution in [3.05, 3.63) is 0 Å². The number of nitrogens with one attached hydrogen (secondary N) is 2. The molecule has 0 bridgehead atoms. The summed E-state index contributed by atoms with van der Waals surface area (Å²) in [6, 6.07) is -0.377. The minimum atomic E-state index is -0.735. The number of primary amides is 1. The van der Waals surface area contributed by atoms with Gasteiger partial charge in [-0.2, -0.15) is 0 Å². The third-order valence-corrected chi connectivity index (χ3v) is 3.58. The number of carbonyl (C=O) groups excluding carboxylic acids is 2. The van der Waals surface area contributed by atoms with Crippen LogP contribution in [0, 0.1) is 5.92 Å². The maximum Gasteiger partial charge on any atom is 0.326 e. The van der Waals surface area contributed by atoms with E-state index >= 15 is 0 Å². The lowest BCUT2D eigenvalue weighted by atomic mass is 9.86. The van der Waals surface area contributed by atoms with Gasteiger partial charge in [-0.25, -0.2) is 0 Å². The van der Waals surface area contributed by atoms with Crippen LogP contribution in [0.15, 0.2) is 0 Å². The molecule has 0 saturated carbocycles. The highest BCUT2D eigenvalue weighted by atomic mass is 16.5. The molecule has 0 spiro atoms. The molecular weight excluding hydrogens is 270 g/mol. The molecule has 6 nitrogen and oxygen atoms in total. The molecule has 0 fully saturated rings. The van der Waals surface area contributed by atoms with Gasteiger partial charge in [-0.3, -0.25) is 9.59 Å². The van der Waals surface area contributed by atoms with E-state index in [1.807, 2.05) is 20.8 Å². The summed E-state index contributed by atoms with van der Waals surface area (Å²) in [6.45, 7) is 8.82. The Kier molecular flexibility index (Phi) is 9.21. The Bertz CT molecular complexity index is 336. The number of amides is 1. The average Bonchev–Trinajstić information content (AvgIpc) is 2.42. The van der Waals surface area contributed by atoms with Crippen molar-refractivity contribution < 1.29 is 14.3 Å². The van der Waals surface area contributed by atoms with Crippen LogP contribution in [-0.4, -0.2) is 43.7 Å². The lowest BCUT2D eigenvalue weighted by Crippen LogP contribution is -2.52. The fraction of sp³-hybridized carbons (Fsp3) is 0.867. The summed E-state index contributed by atoms with van der Waals surface area (Å²) in [7, 11) is 1.71. The Balaban J connectivity index is 4.78. The molecule has 6 heteroatoms. The Labute approximate surface area is 128 Å². The number of likely N-dealkylation sites (N-methyl/N-ethyl adjacent to an activating group) is 1. The summed E-state index contributed by atoms with van der Waals surface area (Å²) >= 11 is 0. The van der Waals surface area contributed by atoms with E-state index < -0.39 is 5.54 Å². The molecule has 0 rings (SSSR count). The second-order valence-electron chi connectivity index (χ2n) is 5.77. The summed E-state index contributed by atoms with van der Waals surface area (Å²) in [6.07, 6.45) is 2.12. The van der Waals surface area contributed by atoms with Crippen LogP contribution in [0.1, 0.15) is 47.0 Å². The first-order chi connectivity index (χ1) is 9.80. The van der Waals surface area contributed by atoms with Crippen molar-refractivity contribution in [3.63, 3.8) is 0 Å². The molecule has 4 N–H and O–H groups in total. The highest BCUT2D eigenvalue weighted by Crippen LogP contribution is 2.22. The standard InChI is InChI=1S/C15H31N3O3/c1-6-8-18-15(4,14(20)21-7-2)10-11(3)9-12(17-5)13(16)19/h11-12,17-18H,6-10H2,1-5H3,(H2,16,19). The first-order valence-electron chi connectivity index (χ1n) is 7.69. The number of hydrogen-bond acceptors (Lipinski definition) is 5. The molecule has 21 heavy (non-hydrogen) atoms. The molecule has 0 aliphatic rings. The summed E-state index contributed by atoms with van der Waals surface area (Å²) < 4.78 is 5.18. The second kappa shape index (κ2) is 9.73. The summed E-state index contributed by atoms with van der Waals surface area (Å²) in [5.74, 6) is -0.470. The molecule has 0 radical (unpaired) electrons. The van der Waals surface area contributed by atoms with Gasteiger partial charge in [-0.05, 0) is 52.6 Å². The maximum absolute atomic E-state index is 12.2. The van der Waals surface area contributed by atoms with Gasteiger partial charge in [0.15, 0.2) is 0 Å². The predicted molar refractivity (Wildman–Crippen MR) is 83.8 cm³/mol. The molecule has 124 valence electrons. The van der Waals surface area contributed by atoms with Gasteiger partial charge < -0.3 is 21.1 Å². The first-order valence-corrected chi connectivity index (χ1v) is 7.69. The Morgan fingerprint density at radius 1 is 1.33 bits per heavy atom. The van der Waals surface area contributed by atoms with Crippen LogP contribution < -0.4 is 16.4 Å². The summed E-state index contributed by atoms with van der Waals surface area (Å²) in [5.41, 5.74) is 4.60. The number of carbonyl (C=O) groups is 2. The summed E-state index contributed by atoms with van der Waals surface area (Å²) in [4.78, 5) is 23.5. The van der Waals surface area contributed by atoms with Crippen molar-refractivity contribution >= 4 is 11.9 Å². The fourth-order valence-electron chi connectivity index (χ4n) is 2.48. The van der Waals surface area contributed by atoms with Crippen molar-refractivity contribution in [1.29, 1.82) is 0 Å². The smallest absolute Gasteiger partial charge is 0.326 e. The molecule has 0 aliphatic heterocycles. The van der Waals surface area contributed by atoms with Crippen LogP contribution in [0.2, 0.25) is 0 Å². The number of rotatable bonds is 11. The largest absolute Gasteiger partial charge is 0.465 e. The minimum absolute atomic E-state index is 0.147. The van der Waals surface area contributed by atoms with Crippen LogP contribution in [0.4, 0.5) is 0 Å². The predicted octanol–water partition coefficient (Wildman–Crippen LogP) is 0.797. The van der Waals surface area contributed by atoms with E-state index in [4.69, 9.17) is 10.5 Å². The molecular formula is C15H31N3O3. The van der Waals surface area contributed by atoms with Gasteiger partial charge in [0.2, 0.25) is 5.91 Å². The Hall–Kier alpha value is -1.14. The average molecular weight is 301 g/mol. The van der Waals surface area contributed by atoms with Crippen molar-refractivity contribution in [2.24, 2.45) is 11.7 Å². The molecule has 0 heterocycles. The number of ether oxygens (including phenoxy) is 1. The first kappa shape index (κ1) is 19.9. The zero-order valence-electron chi connectivity index (χ0n) is 14.0. The molecule has 0 saturated heterocycles. The van der Waals surface area contributed by atoms with Gasteiger partial charge in [0.05, 0.1) is 12.6 Å².